The van der Waals surface area contributed by atoms with Crippen LogP contribution in [0, 0.1) is 0 Å². The Hall–Kier alpha value is -4.17. The number of furan rings is 1. The number of aromatic nitrogens is 2. The molecule has 6 rings (SSSR count). The minimum Gasteiger partial charge on any atom is -0.464 e. The summed E-state index contributed by atoms with van der Waals surface area (Å²) in [6, 6.07) is 21.3. The van der Waals surface area contributed by atoms with Crippen molar-refractivity contribution in [2.75, 3.05) is 32.8 Å². The molecule has 0 bridgehead atoms. The highest BCUT2D eigenvalue weighted by Gasteiger charge is 2.32. The van der Waals surface area contributed by atoms with Gasteiger partial charge in [0.2, 0.25) is 0 Å². The smallest absolute Gasteiger partial charge is 0.274 e. The Kier molecular flexibility index (Phi) is 6.32. The molecular formula is C29H28N4O4. The summed E-state index contributed by atoms with van der Waals surface area (Å²) >= 11 is 0. The number of rotatable bonds is 5. The third kappa shape index (κ3) is 4.68. The largest absolute Gasteiger partial charge is 0.464 e. The Balaban J connectivity index is 1.31. The van der Waals surface area contributed by atoms with Gasteiger partial charge in [-0.05, 0) is 29.8 Å². The number of benzene rings is 2. The Morgan fingerprint density at radius 1 is 0.865 bits per heavy atom. The quantitative estimate of drug-likeness (QED) is 0.419. The Morgan fingerprint density at radius 2 is 1.70 bits per heavy atom. The van der Waals surface area contributed by atoms with Gasteiger partial charge < -0.3 is 19.0 Å². The summed E-state index contributed by atoms with van der Waals surface area (Å²) in [5.74, 6) is 0.552. The molecule has 2 amide bonds. The topological polar surface area (TPSA) is 80.8 Å². The summed E-state index contributed by atoms with van der Waals surface area (Å²) in [5, 5.41) is 4.81. The van der Waals surface area contributed by atoms with E-state index in [2.05, 4.69) is 12.1 Å². The lowest BCUT2D eigenvalue weighted by Crippen LogP contribution is -2.42. The molecule has 2 aliphatic heterocycles. The molecule has 4 aromatic rings. The second-order valence-electron chi connectivity index (χ2n) is 9.36. The number of carbonyl (C=O) groups excluding carboxylic acids is 2. The first-order valence-corrected chi connectivity index (χ1v) is 12.6. The zero-order valence-corrected chi connectivity index (χ0v) is 20.5. The van der Waals surface area contributed by atoms with Gasteiger partial charge in [0.25, 0.3) is 11.8 Å². The van der Waals surface area contributed by atoms with Crippen LogP contribution in [0.25, 0.3) is 11.3 Å². The van der Waals surface area contributed by atoms with Crippen molar-refractivity contribution in [1.82, 2.24) is 19.6 Å². The molecule has 188 valence electrons. The molecule has 0 N–H and O–H groups in total. The predicted molar refractivity (Wildman–Crippen MR) is 137 cm³/mol. The third-order valence-corrected chi connectivity index (χ3v) is 7.01. The van der Waals surface area contributed by atoms with Crippen LogP contribution in [-0.2, 0) is 24.2 Å². The lowest BCUT2D eigenvalue weighted by atomic mass is 10.0. The van der Waals surface area contributed by atoms with Crippen LogP contribution in [0.3, 0.4) is 0 Å². The van der Waals surface area contributed by atoms with Gasteiger partial charge in [0.05, 0.1) is 32.6 Å². The van der Waals surface area contributed by atoms with Gasteiger partial charge in [0, 0.05) is 48.4 Å². The molecule has 0 unspecified atom stereocenters. The zero-order chi connectivity index (χ0) is 25.2. The number of amides is 2. The third-order valence-electron chi connectivity index (χ3n) is 7.01. The Labute approximate surface area is 215 Å². The fourth-order valence-electron chi connectivity index (χ4n) is 5.07. The first-order valence-electron chi connectivity index (χ1n) is 12.6. The Morgan fingerprint density at radius 3 is 2.49 bits per heavy atom. The molecule has 8 nitrogen and oxygen atoms in total. The van der Waals surface area contributed by atoms with E-state index in [9.17, 15) is 9.59 Å². The van der Waals surface area contributed by atoms with E-state index in [1.807, 2.05) is 64.2 Å². The molecule has 8 heteroatoms. The van der Waals surface area contributed by atoms with Crippen molar-refractivity contribution in [1.29, 1.82) is 0 Å². The lowest BCUT2D eigenvalue weighted by molar-refractivity contribution is 0.0296. The fourth-order valence-corrected chi connectivity index (χ4v) is 5.07. The molecule has 0 spiro atoms. The number of hydrogen-bond acceptors (Lipinski definition) is 5. The Bertz CT molecular complexity index is 1410. The second kappa shape index (κ2) is 10.1. The van der Waals surface area contributed by atoms with E-state index in [0.29, 0.717) is 63.6 Å². The van der Waals surface area contributed by atoms with Gasteiger partial charge >= 0.3 is 0 Å². The monoisotopic (exact) mass is 496 g/mol. The standard InChI is InChI=1S/C29H28N4O4/c34-28(23-9-4-8-22(18-23)26-10-5-15-37-26)32-12-11-25-24(20-32)27(29(35)31-13-16-36-17-14-31)30-33(25)19-21-6-2-1-3-7-21/h1-10,15,18H,11-14,16-17,19-20H2. The SMILES string of the molecule is O=C(c1cccc(-c2ccco2)c1)N1CCc2c(c(C(=O)N3CCOCC3)nn2Cc2ccccc2)C1. The van der Waals surface area contributed by atoms with Crippen LogP contribution in [0.4, 0.5) is 0 Å². The van der Waals surface area contributed by atoms with E-state index < -0.39 is 0 Å². The van der Waals surface area contributed by atoms with E-state index in [0.717, 1.165) is 28.1 Å². The first-order chi connectivity index (χ1) is 18.2. The maximum Gasteiger partial charge on any atom is 0.274 e. The maximum absolute atomic E-state index is 13.6. The number of nitrogens with zero attached hydrogens (tertiary/aromatic N) is 4. The second-order valence-corrected chi connectivity index (χ2v) is 9.36. The van der Waals surface area contributed by atoms with Crippen LogP contribution >= 0.6 is 0 Å². The van der Waals surface area contributed by atoms with Gasteiger partial charge in [-0.2, -0.15) is 5.10 Å². The van der Waals surface area contributed by atoms with Crippen LogP contribution in [0.2, 0.25) is 0 Å². The summed E-state index contributed by atoms with van der Waals surface area (Å²) < 4.78 is 12.9. The highest BCUT2D eigenvalue weighted by atomic mass is 16.5. The van der Waals surface area contributed by atoms with Crippen molar-refractivity contribution in [3.05, 3.63) is 101 Å². The first kappa shape index (κ1) is 23.2. The van der Waals surface area contributed by atoms with Crippen molar-refractivity contribution in [3.63, 3.8) is 0 Å². The summed E-state index contributed by atoms with van der Waals surface area (Å²) in [5.41, 5.74) is 4.87. The van der Waals surface area contributed by atoms with Crippen molar-refractivity contribution >= 4 is 11.8 Å². The highest BCUT2D eigenvalue weighted by Crippen LogP contribution is 2.27. The molecule has 0 saturated carbocycles. The van der Waals surface area contributed by atoms with Gasteiger partial charge in [-0.15, -0.1) is 0 Å². The van der Waals surface area contributed by atoms with Crippen molar-refractivity contribution in [3.8, 4) is 11.3 Å². The number of morpholine rings is 1. The molecule has 2 aromatic carbocycles. The molecule has 2 aliphatic rings. The predicted octanol–water partition coefficient (Wildman–Crippen LogP) is 3.86. The minimum absolute atomic E-state index is 0.0698. The van der Waals surface area contributed by atoms with Crippen molar-refractivity contribution in [2.45, 2.75) is 19.5 Å². The molecule has 0 radical (unpaired) electrons. The lowest BCUT2D eigenvalue weighted by Gasteiger charge is -2.29. The molecule has 2 aromatic heterocycles. The van der Waals surface area contributed by atoms with E-state index in [4.69, 9.17) is 14.3 Å². The summed E-state index contributed by atoms with van der Waals surface area (Å²) in [4.78, 5) is 30.7. The summed E-state index contributed by atoms with van der Waals surface area (Å²) in [6.45, 7) is 3.62. The van der Waals surface area contributed by atoms with Gasteiger partial charge in [-0.25, -0.2) is 0 Å². The van der Waals surface area contributed by atoms with Gasteiger partial charge in [-0.3, -0.25) is 14.3 Å². The average Bonchev–Trinajstić information content (AvgIpc) is 3.62. The van der Waals surface area contributed by atoms with Gasteiger partial charge in [0.15, 0.2) is 5.69 Å². The average molecular weight is 497 g/mol. The van der Waals surface area contributed by atoms with E-state index in [-0.39, 0.29) is 11.8 Å². The zero-order valence-electron chi connectivity index (χ0n) is 20.5. The molecule has 1 saturated heterocycles. The van der Waals surface area contributed by atoms with E-state index in [1.54, 1.807) is 11.2 Å². The minimum atomic E-state index is -0.0968. The van der Waals surface area contributed by atoms with Crippen LogP contribution in [0.5, 0.6) is 0 Å². The fraction of sp³-hybridized carbons (Fsp3) is 0.276. The summed E-state index contributed by atoms with van der Waals surface area (Å²) in [7, 11) is 0. The van der Waals surface area contributed by atoms with Crippen LogP contribution in [0.1, 0.15) is 37.7 Å². The maximum atomic E-state index is 13.6. The number of hydrogen-bond donors (Lipinski definition) is 0. The number of carbonyl (C=O) groups is 2. The van der Waals surface area contributed by atoms with E-state index in [1.165, 1.54) is 0 Å². The molecule has 0 aliphatic carbocycles. The van der Waals surface area contributed by atoms with Crippen LogP contribution in [-0.4, -0.2) is 64.2 Å². The number of fused-ring (bicyclic) bond motifs is 1. The molecule has 4 heterocycles. The molecular weight excluding hydrogens is 468 g/mol. The molecule has 37 heavy (non-hydrogen) atoms. The van der Waals surface area contributed by atoms with E-state index >= 15 is 0 Å². The van der Waals surface area contributed by atoms with Gasteiger partial charge in [-0.1, -0.05) is 42.5 Å². The highest BCUT2D eigenvalue weighted by molar-refractivity contribution is 5.97. The summed E-state index contributed by atoms with van der Waals surface area (Å²) in [6.07, 6.45) is 2.26. The van der Waals surface area contributed by atoms with Crippen molar-refractivity contribution in [2.24, 2.45) is 0 Å². The van der Waals surface area contributed by atoms with Crippen LogP contribution < -0.4 is 0 Å². The van der Waals surface area contributed by atoms with Crippen molar-refractivity contribution < 1.29 is 18.7 Å². The molecule has 0 atom stereocenters. The number of ether oxygens (including phenoxy) is 1. The van der Waals surface area contributed by atoms with Crippen LogP contribution in [0.15, 0.2) is 77.4 Å². The normalized spacial score (nSPS) is 15.5. The molecule has 1 fully saturated rings. The van der Waals surface area contributed by atoms with Gasteiger partial charge in [0.1, 0.15) is 5.76 Å².